The van der Waals surface area contributed by atoms with Crippen molar-refractivity contribution < 1.29 is 37.1 Å². The van der Waals surface area contributed by atoms with E-state index in [0.29, 0.717) is 48.9 Å². The van der Waals surface area contributed by atoms with E-state index in [1.165, 1.54) is 44.6 Å². The molecule has 1 saturated carbocycles. The molecular formula is C32H46O8Si. The molecule has 0 spiro atoms. The van der Waals surface area contributed by atoms with Crippen LogP contribution in [0.2, 0.25) is 6.04 Å². The number of ketones is 3. The van der Waals surface area contributed by atoms with Crippen LogP contribution in [0.25, 0.3) is 0 Å². The lowest BCUT2D eigenvalue weighted by molar-refractivity contribution is -0.113. The molecule has 0 aromatic heterocycles. The standard InChI is InChI=1S/C32H46O8Si/c1-8-36-31-14-10-29(11-15-31)30-12-16-32(17-13-30)37-18-9-19-41(38-26(5)20-23(2)33,39-27(6)21-24(3)34)40-28(7)22-25(4)35/h10-11,14-15,20-22,30,32H,8-9,12-13,16-19H2,1-7H3. The monoisotopic (exact) mass is 586 g/mol. The highest BCUT2D eigenvalue weighted by atomic mass is 28.4. The van der Waals surface area contributed by atoms with Gasteiger partial charge in [-0.2, -0.15) is 0 Å². The first-order chi connectivity index (χ1) is 19.4. The van der Waals surface area contributed by atoms with Gasteiger partial charge in [0.2, 0.25) is 0 Å². The third-order valence-electron chi connectivity index (χ3n) is 6.49. The molecule has 0 N–H and O–H groups in total. The number of allylic oxidation sites excluding steroid dienone is 6. The van der Waals surface area contributed by atoms with Crippen LogP contribution < -0.4 is 4.74 Å². The average Bonchev–Trinajstić information content (AvgIpc) is 2.86. The normalized spacial score (nSPS) is 19.6. The van der Waals surface area contributed by atoms with Crippen LogP contribution in [-0.2, 0) is 32.4 Å². The zero-order valence-corrected chi connectivity index (χ0v) is 26.6. The van der Waals surface area contributed by atoms with Crippen LogP contribution in [0, 0.1) is 0 Å². The summed E-state index contributed by atoms with van der Waals surface area (Å²) >= 11 is 0. The quantitative estimate of drug-likeness (QED) is 0.0834. The van der Waals surface area contributed by atoms with E-state index in [4.69, 9.17) is 22.8 Å². The van der Waals surface area contributed by atoms with Crippen LogP contribution in [-0.4, -0.2) is 45.5 Å². The van der Waals surface area contributed by atoms with Gasteiger partial charge < -0.3 is 22.8 Å². The van der Waals surface area contributed by atoms with Crippen molar-refractivity contribution >= 4 is 26.2 Å². The lowest BCUT2D eigenvalue weighted by Crippen LogP contribution is -2.45. The minimum atomic E-state index is -3.59. The van der Waals surface area contributed by atoms with E-state index in [2.05, 4.69) is 12.1 Å². The Bertz CT molecular complexity index is 1030. The molecule has 1 aliphatic carbocycles. The second-order valence-electron chi connectivity index (χ2n) is 10.5. The molecule has 0 saturated heterocycles. The van der Waals surface area contributed by atoms with Crippen molar-refractivity contribution in [2.75, 3.05) is 13.2 Å². The molecule has 0 unspecified atom stereocenters. The smallest absolute Gasteiger partial charge is 0.494 e. The summed E-state index contributed by atoms with van der Waals surface area (Å²) in [6, 6.07) is 8.75. The number of hydrogen-bond acceptors (Lipinski definition) is 8. The fourth-order valence-electron chi connectivity index (χ4n) is 5.00. The van der Waals surface area contributed by atoms with Crippen LogP contribution in [0.3, 0.4) is 0 Å². The van der Waals surface area contributed by atoms with E-state index < -0.39 is 8.80 Å². The summed E-state index contributed by atoms with van der Waals surface area (Å²) in [4.78, 5) is 35.1. The van der Waals surface area contributed by atoms with E-state index in [-0.39, 0.29) is 23.5 Å². The predicted octanol–water partition coefficient (Wildman–Crippen LogP) is 6.99. The van der Waals surface area contributed by atoms with Crippen molar-refractivity contribution in [3.05, 3.63) is 65.3 Å². The highest BCUT2D eigenvalue weighted by Gasteiger charge is 2.49. The number of carbonyl (C=O) groups excluding carboxylic acids is 3. The van der Waals surface area contributed by atoms with E-state index in [9.17, 15) is 14.4 Å². The maximum atomic E-state index is 11.7. The summed E-state index contributed by atoms with van der Waals surface area (Å²) in [7, 11) is -3.59. The maximum absolute atomic E-state index is 11.7. The van der Waals surface area contributed by atoms with E-state index >= 15 is 0 Å². The second-order valence-corrected chi connectivity index (χ2v) is 13.0. The van der Waals surface area contributed by atoms with Crippen LogP contribution in [0.1, 0.15) is 92.1 Å². The van der Waals surface area contributed by atoms with Gasteiger partial charge in [0, 0.05) is 24.8 Å². The van der Waals surface area contributed by atoms with Crippen molar-refractivity contribution in [1.82, 2.24) is 0 Å². The lowest BCUT2D eigenvalue weighted by Gasteiger charge is -2.32. The average molecular weight is 587 g/mol. The first-order valence-electron chi connectivity index (χ1n) is 14.4. The molecule has 1 aliphatic rings. The molecule has 8 nitrogen and oxygen atoms in total. The fraction of sp³-hybridized carbons (Fsp3) is 0.531. The summed E-state index contributed by atoms with van der Waals surface area (Å²) in [5, 5.41) is 0. The first kappa shape index (κ1) is 34.0. The molecule has 0 aliphatic heterocycles. The Kier molecular flexibility index (Phi) is 14.1. The van der Waals surface area contributed by atoms with Gasteiger partial charge in [0.1, 0.15) is 5.75 Å². The Morgan fingerprint density at radius 2 is 1.22 bits per heavy atom. The van der Waals surface area contributed by atoms with Crippen LogP contribution in [0.5, 0.6) is 5.75 Å². The molecule has 0 amide bonds. The topological polar surface area (TPSA) is 97.4 Å². The van der Waals surface area contributed by atoms with Gasteiger partial charge in [-0.3, -0.25) is 14.4 Å². The number of benzene rings is 1. The minimum absolute atomic E-state index is 0.172. The van der Waals surface area contributed by atoms with Gasteiger partial charge >= 0.3 is 8.80 Å². The van der Waals surface area contributed by atoms with Crippen LogP contribution in [0.4, 0.5) is 0 Å². The SMILES string of the molecule is CCOc1ccc(C2CCC(OCCC[Si](OC(C)=CC(C)=O)(OC(C)=CC(C)=O)OC(C)=CC(C)=O)CC2)cc1. The molecule has 226 valence electrons. The predicted molar refractivity (Wildman–Crippen MR) is 160 cm³/mol. The van der Waals surface area contributed by atoms with Gasteiger partial charge in [0.05, 0.1) is 36.0 Å². The van der Waals surface area contributed by atoms with Gasteiger partial charge in [-0.15, -0.1) is 0 Å². The number of ether oxygens (including phenoxy) is 2. The van der Waals surface area contributed by atoms with E-state index in [0.717, 1.165) is 31.4 Å². The zero-order chi connectivity index (χ0) is 30.4. The highest BCUT2D eigenvalue weighted by Crippen LogP contribution is 2.35. The van der Waals surface area contributed by atoms with Crippen molar-refractivity contribution in [2.45, 2.75) is 98.6 Å². The summed E-state index contributed by atoms with van der Waals surface area (Å²) in [6.45, 7) is 12.4. The molecule has 0 bridgehead atoms. The molecular weight excluding hydrogens is 540 g/mol. The first-order valence-corrected chi connectivity index (χ1v) is 16.3. The van der Waals surface area contributed by atoms with Gasteiger partial charge in [0.15, 0.2) is 17.3 Å². The maximum Gasteiger partial charge on any atom is 0.698 e. The Morgan fingerprint density at radius 1 is 0.756 bits per heavy atom. The van der Waals surface area contributed by atoms with Gasteiger partial charge in [-0.1, -0.05) is 12.1 Å². The molecule has 41 heavy (non-hydrogen) atoms. The van der Waals surface area contributed by atoms with Gasteiger partial charge in [0.25, 0.3) is 0 Å². The molecule has 0 radical (unpaired) electrons. The number of carbonyl (C=O) groups is 3. The van der Waals surface area contributed by atoms with Crippen molar-refractivity contribution in [3.8, 4) is 5.75 Å². The molecule has 1 aromatic carbocycles. The van der Waals surface area contributed by atoms with Crippen LogP contribution in [0.15, 0.2) is 59.8 Å². The van der Waals surface area contributed by atoms with Gasteiger partial charge in [-0.25, -0.2) is 0 Å². The number of hydrogen-bond donors (Lipinski definition) is 0. The minimum Gasteiger partial charge on any atom is -0.494 e. The van der Waals surface area contributed by atoms with Crippen molar-refractivity contribution in [1.29, 1.82) is 0 Å². The largest absolute Gasteiger partial charge is 0.698 e. The summed E-state index contributed by atoms with van der Waals surface area (Å²) < 4.78 is 30.4. The molecule has 0 heterocycles. The third kappa shape index (κ3) is 12.9. The number of rotatable bonds is 17. The Balaban J connectivity index is 2.06. The Labute approximate surface area is 246 Å². The van der Waals surface area contributed by atoms with Crippen molar-refractivity contribution in [2.24, 2.45) is 0 Å². The van der Waals surface area contributed by atoms with Gasteiger partial charge in [-0.05, 0) is 104 Å². The van der Waals surface area contributed by atoms with E-state index in [1.807, 2.05) is 19.1 Å². The molecule has 2 rings (SSSR count). The summed E-state index contributed by atoms with van der Waals surface area (Å²) in [5.41, 5.74) is 1.34. The highest BCUT2D eigenvalue weighted by molar-refractivity contribution is 6.61. The van der Waals surface area contributed by atoms with E-state index in [1.54, 1.807) is 20.8 Å². The Morgan fingerprint density at radius 3 is 1.63 bits per heavy atom. The fourth-order valence-corrected chi connectivity index (χ4v) is 7.66. The van der Waals surface area contributed by atoms with Crippen LogP contribution >= 0.6 is 0 Å². The second kappa shape index (κ2) is 16.9. The molecule has 1 aromatic rings. The molecule has 9 heteroatoms. The third-order valence-corrected chi connectivity index (χ3v) is 9.35. The Hall–Kier alpha value is -3.17. The molecule has 0 atom stereocenters. The zero-order valence-electron chi connectivity index (χ0n) is 25.6. The van der Waals surface area contributed by atoms with Crippen molar-refractivity contribution in [3.63, 3.8) is 0 Å². The summed E-state index contributed by atoms with van der Waals surface area (Å²) in [6.07, 6.45) is 8.91. The summed E-state index contributed by atoms with van der Waals surface area (Å²) in [5.74, 6) is 1.89. The molecule has 1 fully saturated rings. The lowest BCUT2D eigenvalue weighted by atomic mass is 9.83.